The summed E-state index contributed by atoms with van der Waals surface area (Å²) in [6.45, 7) is 4.76. The number of hydrogen-bond acceptors (Lipinski definition) is 9. The molecule has 2 amide bonds. The summed E-state index contributed by atoms with van der Waals surface area (Å²) in [6, 6.07) is 2.90. The van der Waals surface area contributed by atoms with Crippen molar-refractivity contribution < 1.29 is 22.7 Å². The Labute approximate surface area is 182 Å². The van der Waals surface area contributed by atoms with Crippen LogP contribution in [0.25, 0.3) is 0 Å². The number of hydrogen-bond donors (Lipinski definition) is 2. The lowest BCUT2D eigenvalue weighted by molar-refractivity contribution is -0.122. The summed E-state index contributed by atoms with van der Waals surface area (Å²) in [6.07, 6.45) is -0.734. The van der Waals surface area contributed by atoms with E-state index in [9.17, 15) is 18.0 Å². The second-order valence-corrected chi connectivity index (χ2v) is 11.0. The molecular formula is C17H21N5O5S3. The molecule has 2 aromatic rings. The van der Waals surface area contributed by atoms with Crippen molar-refractivity contribution in [2.24, 2.45) is 0 Å². The van der Waals surface area contributed by atoms with Gasteiger partial charge in [0, 0.05) is 13.1 Å². The summed E-state index contributed by atoms with van der Waals surface area (Å²) in [7, 11) is -2.66. The highest BCUT2D eigenvalue weighted by molar-refractivity contribution is 8.01. The van der Waals surface area contributed by atoms with Crippen molar-refractivity contribution in [1.82, 2.24) is 14.5 Å². The third-order valence-electron chi connectivity index (χ3n) is 4.18. The lowest BCUT2D eigenvalue weighted by Crippen LogP contribution is -2.36. The van der Waals surface area contributed by atoms with E-state index < -0.39 is 28.6 Å². The van der Waals surface area contributed by atoms with E-state index in [1.807, 2.05) is 6.92 Å². The second-order valence-electron chi connectivity index (χ2n) is 6.48. The van der Waals surface area contributed by atoms with Crippen molar-refractivity contribution in [3.8, 4) is 5.75 Å². The number of thioether (sulfide) groups is 1. The Kier molecular flexibility index (Phi) is 6.65. The van der Waals surface area contributed by atoms with Gasteiger partial charge in [-0.3, -0.25) is 14.9 Å². The van der Waals surface area contributed by atoms with Gasteiger partial charge in [-0.2, -0.15) is 4.31 Å². The third kappa shape index (κ3) is 4.74. The first kappa shape index (κ1) is 22.5. The molecule has 1 aliphatic heterocycles. The second kappa shape index (κ2) is 8.88. The standard InChI is InChI=1S/C17H21N5O5S3/c1-5-28-17-21-20-16(29-17)19-14(23)8-22(4)30(25,26)13-7-12-11(6-9(13)2)18-15(24)10(3)27-12/h6-7,10H,5,8H2,1-4H3,(H,18,24)(H,19,20,23). The zero-order valence-electron chi connectivity index (χ0n) is 16.8. The molecule has 0 radical (unpaired) electrons. The topological polar surface area (TPSA) is 131 Å². The van der Waals surface area contributed by atoms with E-state index in [0.717, 1.165) is 14.4 Å². The number of sulfonamides is 1. The minimum Gasteiger partial charge on any atom is -0.479 e. The number of anilines is 2. The molecule has 0 bridgehead atoms. The van der Waals surface area contributed by atoms with Crippen LogP contribution in [0.1, 0.15) is 19.4 Å². The summed E-state index contributed by atoms with van der Waals surface area (Å²) in [5.41, 5.74) is 0.830. The Bertz CT molecular complexity index is 1090. The zero-order chi connectivity index (χ0) is 22.1. The molecular weight excluding hydrogens is 450 g/mol. The number of ether oxygens (including phenoxy) is 1. The van der Waals surface area contributed by atoms with Gasteiger partial charge in [-0.15, -0.1) is 10.2 Å². The fraction of sp³-hybridized carbons (Fsp3) is 0.412. The van der Waals surface area contributed by atoms with E-state index in [4.69, 9.17) is 4.74 Å². The number of aromatic nitrogens is 2. The number of carbonyl (C=O) groups excluding carboxylic acids is 2. The van der Waals surface area contributed by atoms with Crippen LogP contribution in [0.3, 0.4) is 0 Å². The molecule has 1 aromatic heterocycles. The molecule has 162 valence electrons. The van der Waals surface area contributed by atoms with Gasteiger partial charge in [-0.25, -0.2) is 8.42 Å². The van der Waals surface area contributed by atoms with Crippen LogP contribution in [0.15, 0.2) is 21.4 Å². The highest BCUT2D eigenvalue weighted by atomic mass is 32.2. The number of amides is 2. The van der Waals surface area contributed by atoms with Gasteiger partial charge in [-0.1, -0.05) is 30.0 Å². The molecule has 30 heavy (non-hydrogen) atoms. The Balaban J connectivity index is 1.75. The molecule has 1 unspecified atom stereocenters. The van der Waals surface area contributed by atoms with Gasteiger partial charge in [0.2, 0.25) is 21.1 Å². The molecule has 0 fully saturated rings. The molecule has 3 rings (SSSR count). The third-order valence-corrected chi connectivity index (χ3v) is 7.98. The first-order valence-electron chi connectivity index (χ1n) is 8.96. The maximum absolute atomic E-state index is 13.0. The van der Waals surface area contributed by atoms with Crippen LogP contribution in [-0.4, -0.2) is 60.2 Å². The number of rotatable bonds is 7. The van der Waals surface area contributed by atoms with Crippen LogP contribution >= 0.6 is 23.1 Å². The van der Waals surface area contributed by atoms with Crippen LogP contribution in [0.2, 0.25) is 0 Å². The van der Waals surface area contributed by atoms with Gasteiger partial charge in [0.05, 0.1) is 17.1 Å². The Morgan fingerprint density at radius 2 is 2.13 bits per heavy atom. The molecule has 13 heteroatoms. The molecule has 0 spiro atoms. The quantitative estimate of drug-likeness (QED) is 0.463. The van der Waals surface area contributed by atoms with Crippen LogP contribution < -0.4 is 15.4 Å². The number of nitrogens with one attached hydrogen (secondary N) is 2. The smallest absolute Gasteiger partial charge is 0.265 e. The molecule has 1 aliphatic rings. The fourth-order valence-corrected chi connectivity index (χ4v) is 5.69. The van der Waals surface area contributed by atoms with Gasteiger partial charge in [0.1, 0.15) is 5.75 Å². The number of nitrogens with zero attached hydrogens (tertiary/aromatic N) is 3. The molecule has 0 saturated carbocycles. The van der Waals surface area contributed by atoms with Gasteiger partial charge in [0.25, 0.3) is 5.91 Å². The van der Waals surface area contributed by atoms with Crippen LogP contribution in [0, 0.1) is 6.92 Å². The lowest BCUT2D eigenvalue weighted by Gasteiger charge is -2.25. The predicted octanol–water partition coefficient (Wildman–Crippen LogP) is 1.94. The number of fused-ring (bicyclic) bond motifs is 1. The van der Waals surface area contributed by atoms with Crippen LogP contribution in [-0.2, 0) is 19.6 Å². The molecule has 0 aliphatic carbocycles. The van der Waals surface area contributed by atoms with E-state index in [1.54, 1.807) is 13.8 Å². The monoisotopic (exact) mass is 471 g/mol. The van der Waals surface area contributed by atoms with E-state index in [-0.39, 0.29) is 16.6 Å². The SMILES string of the molecule is CCSc1nnc(NC(=O)CN(C)S(=O)(=O)c2cc3c(cc2C)NC(=O)C(C)O3)s1. The number of likely N-dealkylation sites (N-methyl/N-ethyl adjacent to an activating group) is 1. The van der Waals surface area contributed by atoms with Crippen LogP contribution in [0.4, 0.5) is 10.8 Å². The van der Waals surface area contributed by atoms with E-state index >= 15 is 0 Å². The summed E-state index contributed by atoms with van der Waals surface area (Å²) >= 11 is 2.73. The van der Waals surface area contributed by atoms with Crippen molar-refractivity contribution in [2.45, 2.75) is 36.1 Å². The number of carbonyl (C=O) groups is 2. The van der Waals surface area contributed by atoms with Gasteiger partial charge in [-0.05, 0) is 31.2 Å². The van der Waals surface area contributed by atoms with E-state index in [1.165, 1.54) is 42.3 Å². The van der Waals surface area contributed by atoms with Gasteiger partial charge in [0.15, 0.2) is 10.4 Å². The highest BCUT2D eigenvalue weighted by Crippen LogP contribution is 2.35. The summed E-state index contributed by atoms with van der Waals surface area (Å²) in [5.74, 6) is 0.260. The van der Waals surface area contributed by atoms with E-state index in [0.29, 0.717) is 16.4 Å². The molecule has 10 nitrogen and oxygen atoms in total. The lowest BCUT2D eigenvalue weighted by atomic mass is 10.1. The van der Waals surface area contributed by atoms with Gasteiger partial charge >= 0.3 is 0 Å². The summed E-state index contributed by atoms with van der Waals surface area (Å²) < 4.78 is 33.3. The molecule has 2 heterocycles. The summed E-state index contributed by atoms with van der Waals surface area (Å²) in [5, 5.41) is 13.4. The molecule has 1 atom stereocenters. The van der Waals surface area contributed by atoms with Crippen molar-refractivity contribution in [3.05, 3.63) is 17.7 Å². The summed E-state index contributed by atoms with van der Waals surface area (Å²) in [4.78, 5) is 24.1. The van der Waals surface area contributed by atoms with Crippen LogP contribution in [0.5, 0.6) is 5.75 Å². The molecule has 2 N–H and O–H groups in total. The molecule has 0 saturated heterocycles. The van der Waals surface area contributed by atoms with Crippen molar-refractivity contribution in [1.29, 1.82) is 0 Å². The van der Waals surface area contributed by atoms with Crippen molar-refractivity contribution >= 4 is 55.8 Å². The van der Waals surface area contributed by atoms with E-state index in [2.05, 4.69) is 20.8 Å². The average molecular weight is 472 g/mol. The Morgan fingerprint density at radius 3 is 2.83 bits per heavy atom. The van der Waals surface area contributed by atoms with Crippen molar-refractivity contribution in [3.63, 3.8) is 0 Å². The maximum Gasteiger partial charge on any atom is 0.265 e. The largest absolute Gasteiger partial charge is 0.479 e. The number of aryl methyl sites for hydroxylation is 1. The fourth-order valence-electron chi connectivity index (χ4n) is 2.68. The van der Waals surface area contributed by atoms with Gasteiger partial charge < -0.3 is 10.1 Å². The number of benzene rings is 1. The average Bonchev–Trinajstić information content (AvgIpc) is 3.09. The normalized spacial score (nSPS) is 16.0. The first-order valence-corrected chi connectivity index (χ1v) is 12.2. The first-order chi connectivity index (χ1) is 14.1. The minimum atomic E-state index is -3.98. The molecule has 1 aromatic carbocycles. The Morgan fingerprint density at radius 1 is 1.40 bits per heavy atom. The Hall–Kier alpha value is -2.22. The predicted molar refractivity (Wildman–Crippen MR) is 115 cm³/mol. The van der Waals surface area contributed by atoms with Crippen molar-refractivity contribution in [2.75, 3.05) is 30.0 Å². The minimum absolute atomic E-state index is 0.00236. The zero-order valence-corrected chi connectivity index (χ0v) is 19.2. The maximum atomic E-state index is 13.0. The highest BCUT2D eigenvalue weighted by Gasteiger charge is 2.30.